The minimum absolute atomic E-state index is 0.0809. The molecule has 0 fully saturated rings. The number of aromatic nitrogens is 3. The number of esters is 1. The molecule has 0 aliphatic rings. The fraction of sp³-hybridized carbons (Fsp3) is 0.250. The van der Waals surface area contributed by atoms with Crippen molar-refractivity contribution in [1.29, 1.82) is 0 Å². The van der Waals surface area contributed by atoms with E-state index in [0.29, 0.717) is 21.3 Å². The maximum Gasteiger partial charge on any atom is 0.344 e. The standard InChI is InChI=1S/C12H12ClN3O4/c1-2-19-12(17)7-20-11-6-10(16(18)15-11)9-5-8(13)3-4-14-9/h3-6,18H,2,7H2,1H3. The summed E-state index contributed by atoms with van der Waals surface area (Å²) in [4.78, 5) is 15.8. The van der Waals surface area contributed by atoms with Gasteiger partial charge in [-0.3, -0.25) is 4.98 Å². The molecule has 2 aromatic rings. The van der Waals surface area contributed by atoms with Crippen LogP contribution in [0.5, 0.6) is 5.88 Å². The first-order chi connectivity index (χ1) is 9.60. The van der Waals surface area contributed by atoms with E-state index >= 15 is 0 Å². The number of pyridine rings is 1. The van der Waals surface area contributed by atoms with Gasteiger partial charge >= 0.3 is 5.97 Å². The van der Waals surface area contributed by atoms with E-state index in [9.17, 15) is 10.0 Å². The van der Waals surface area contributed by atoms with Crippen LogP contribution in [0.2, 0.25) is 5.02 Å². The van der Waals surface area contributed by atoms with Crippen LogP contribution >= 0.6 is 11.6 Å². The van der Waals surface area contributed by atoms with Gasteiger partial charge in [-0.25, -0.2) is 4.79 Å². The Morgan fingerprint density at radius 3 is 3.00 bits per heavy atom. The highest BCUT2D eigenvalue weighted by molar-refractivity contribution is 6.30. The average molecular weight is 298 g/mol. The van der Waals surface area contributed by atoms with Gasteiger partial charge in [-0.1, -0.05) is 21.5 Å². The van der Waals surface area contributed by atoms with E-state index in [1.54, 1.807) is 19.1 Å². The topological polar surface area (TPSA) is 86.5 Å². The van der Waals surface area contributed by atoms with Crippen LogP contribution in [0.3, 0.4) is 0 Å². The molecule has 2 heterocycles. The van der Waals surface area contributed by atoms with Crippen molar-refractivity contribution < 1.29 is 19.5 Å². The predicted molar refractivity (Wildman–Crippen MR) is 69.8 cm³/mol. The molecule has 0 spiro atoms. The fourth-order valence-corrected chi connectivity index (χ4v) is 1.64. The molecular formula is C12H12ClN3O4. The summed E-state index contributed by atoms with van der Waals surface area (Å²) in [6, 6.07) is 4.62. The Kier molecular flexibility index (Phi) is 4.41. The van der Waals surface area contributed by atoms with Gasteiger partial charge in [-0.2, -0.15) is 0 Å². The van der Waals surface area contributed by atoms with Crippen molar-refractivity contribution in [2.24, 2.45) is 0 Å². The lowest BCUT2D eigenvalue weighted by molar-refractivity contribution is -0.145. The van der Waals surface area contributed by atoms with Crippen molar-refractivity contribution in [3.05, 3.63) is 29.4 Å². The third kappa shape index (κ3) is 3.39. The number of carbonyl (C=O) groups excluding carboxylic acids is 1. The summed E-state index contributed by atoms with van der Waals surface area (Å²) in [5.41, 5.74) is 0.727. The molecule has 0 unspecified atom stereocenters. The van der Waals surface area contributed by atoms with E-state index in [-0.39, 0.29) is 19.1 Å². The highest BCUT2D eigenvalue weighted by Gasteiger charge is 2.13. The molecule has 0 aliphatic heterocycles. The largest absolute Gasteiger partial charge is 0.464 e. The normalized spacial score (nSPS) is 10.3. The minimum Gasteiger partial charge on any atom is -0.464 e. The summed E-state index contributed by atoms with van der Waals surface area (Å²) in [7, 11) is 0. The lowest BCUT2D eigenvalue weighted by atomic mass is 10.3. The summed E-state index contributed by atoms with van der Waals surface area (Å²) in [6.07, 6.45) is 1.50. The Bertz CT molecular complexity index is 614. The zero-order valence-corrected chi connectivity index (χ0v) is 11.4. The number of nitrogens with zero attached hydrogens (tertiary/aromatic N) is 3. The molecule has 2 aromatic heterocycles. The first kappa shape index (κ1) is 14.1. The Hall–Kier alpha value is -2.28. The van der Waals surface area contributed by atoms with Crippen molar-refractivity contribution in [3.8, 4) is 17.3 Å². The predicted octanol–water partition coefficient (Wildman–Crippen LogP) is 1.78. The van der Waals surface area contributed by atoms with Gasteiger partial charge in [0.15, 0.2) is 6.61 Å². The number of rotatable bonds is 5. The Labute approximate surface area is 119 Å². The summed E-state index contributed by atoms with van der Waals surface area (Å²) >= 11 is 5.85. The maximum absolute atomic E-state index is 11.1. The van der Waals surface area contributed by atoms with Gasteiger partial charge in [0.1, 0.15) is 5.69 Å². The van der Waals surface area contributed by atoms with Crippen LogP contribution in [-0.4, -0.2) is 39.3 Å². The number of carbonyl (C=O) groups is 1. The minimum atomic E-state index is -0.512. The second-order valence-corrected chi connectivity index (χ2v) is 4.15. The van der Waals surface area contributed by atoms with Crippen LogP contribution in [0, 0.1) is 0 Å². The molecule has 1 N–H and O–H groups in total. The molecule has 0 bridgehead atoms. The highest BCUT2D eigenvalue weighted by Crippen LogP contribution is 2.23. The molecule has 0 atom stereocenters. The van der Waals surface area contributed by atoms with Gasteiger partial charge in [0.25, 0.3) is 0 Å². The number of ether oxygens (including phenoxy) is 2. The van der Waals surface area contributed by atoms with Crippen molar-refractivity contribution >= 4 is 17.6 Å². The molecule has 8 heteroatoms. The Morgan fingerprint density at radius 1 is 1.50 bits per heavy atom. The van der Waals surface area contributed by atoms with Crippen LogP contribution in [0.25, 0.3) is 11.4 Å². The summed E-state index contributed by atoms with van der Waals surface area (Å²) in [5, 5.41) is 13.9. The zero-order chi connectivity index (χ0) is 14.5. The number of hydrogen-bond donors (Lipinski definition) is 1. The SMILES string of the molecule is CCOC(=O)COc1cc(-c2cc(Cl)ccn2)n(O)n1. The van der Waals surface area contributed by atoms with Gasteiger partial charge in [0, 0.05) is 17.3 Å². The molecule has 0 saturated carbocycles. The lowest BCUT2D eigenvalue weighted by Crippen LogP contribution is -2.14. The second-order valence-electron chi connectivity index (χ2n) is 3.71. The molecule has 0 radical (unpaired) electrons. The molecule has 2 rings (SSSR count). The molecular weight excluding hydrogens is 286 g/mol. The van der Waals surface area contributed by atoms with Gasteiger partial charge in [-0.05, 0) is 19.1 Å². The molecule has 7 nitrogen and oxygen atoms in total. The van der Waals surface area contributed by atoms with Crippen molar-refractivity contribution in [2.45, 2.75) is 6.92 Å². The van der Waals surface area contributed by atoms with E-state index in [2.05, 4.69) is 10.1 Å². The van der Waals surface area contributed by atoms with Crippen molar-refractivity contribution in [1.82, 2.24) is 14.9 Å². The van der Waals surface area contributed by atoms with Crippen LogP contribution < -0.4 is 4.74 Å². The third-order valence-corrected chi connectivity index (χ3v) is 2.53. The average Bonchev–Trinajstić information content (AvgIpc) is 2.78. The van der Waals surface area contributed by atoms with E-state index in [4.69, 9.17) is 21.1 Å². The molecule has 0 aromatic carbocycles. The number of hydrogen-bond acceptors (Lipinski definition) is 6. The highest BCUT2D eigenvalue weighted by atomic mass is 35.5. The molecule has 20 heavy (non-hydrogen) atoms. The summed E-state index contributed by atoms with van der Waals surface area (Å²) in [5.74, 6) is -0.431. The molecule has 106 valence electrons. The van der Waals surface area contributed by atoms with Gasteiger partial charge in [0.2, 0.25) is 5.88 Å². The van der Waals surface area contributed by atoms with Gasteiger partial charge in [-0.15, -0.1) is 0 Å². The first-order valence-corrected chi connectivity index (χ1v) is 6.17. The smallest absolute Gasteiger partial charge is 0.344 e. The van der Waals surface area contributed by atoms with E-state index in [0.717, 1.165) is 0 Å². The maximum atomic E-state index is 11.1. The van der Waals surface area contributed by atoms with Gasteiger partial charge in [0.05, 0.1) is 12.3 Å². The summed E-state index contributed by atoms with van der Waals surface area (Å²) < 4.78 is 9.82. The molecule has 0 aliphatic carbocycles. The fourth-order valence-electron chi connectivity index (χ4n) is 1.48. The first-order valence-electron chi connectivity index (χ1n) is 5.80. The summed E-state index contributed by atoms with van der Waals surface area (Å²) in [6.45, 7) is 1.69. The second kappa shape index (κ2) is 6.25. The van der Waals surface area contributed by atoms with Crippen LogP contribution in [0.1, 0.15) is 6.92 Å². The number of halogens is 1. The van der Waals surface area contributed by atoms with E-state index in [1.807, 2.05) is 0 Å². The third-order valence-electron chi connectivity index (χ3n) is 2.30. The van der Waals surface area contributed by atoms with E-state index < -0.39 is 5.97 Å². The van der Waals surface area contributed by atoms with Crippen LogP contribution in [-0.2, 0) is 9.53 Å². The Morgan fingerprint density at radius 2 is 2.30 bits per heavy atom. The molecule has 0 amide bonds. The quantitative estimate of drug-likeness (QED) is 0.668. The van der Waals surface area contributed by atoms with Crippen molar-refractivity contribution in [2.75, 3.05) is 13.2 Å². The van der Waals surface area contributed by atoms with E-state index in [1.165, 1.54) is 12.3 Å². The van der Waals surface area contributed by atoms with Gasteiger partial charge < -0.3 is 14.7 Å². The van der Waals surface area contributed by atoms with Crippen LogP contribution in [0.15, 0.2) is 24.4 Å². The Balaban J connectivity index is 2.12. The lowest BCUT2D eigenvalue weighted by Gasteiger charge is -2.01. The monoisotopic (exact) mass is 297 g/mol. The molecule has 0 saturated heterocycles. The van der Waals surface area contributed by atoms with Crippen LogP contribution in [0.4, 0.5) is 0 Å². The zero-order valence-electron chi connectivity index (χ0n) is 10.6. The van der Waals surface area contributed by atoms with Crippen molar-refractivity contribution in [3.63, 3.8) is 0 Å².